The van der Waals surface area contributed by atoms with E-state index >= 15 is 0 Å². The van der Waals surface area contributed by atoms with Gasteiger partial charge in [-0.05, 0) is 17.7 Å². The fraction of sp³-hybridized carbons (Fsp3) is 0. The Morgan fingerprint density at radius 2 is 2.31 bits per heavy atom. The molecule has 66 valence electrons. The number of aromatic nitrogens is 2. The Bertz CT molecular complexity index is 457. The number of rotatable bonds is 1. The number of H-pyrrole nitrogens is 1. The van der Waals surface area contributed by atoms with E-state index in [-0.39, 0.29) is 0 Å². The van der Waals surface area contributed by atoms with Crippen molar-refractivity contribution < 1.29 is 0 Å². The first-order valence-corrected chi connectivity index (χ1v) is 3.78. The summed E-state index contributed by atoms with van der Waals surface area (Å²) < 4.78 is 0. The maximum absolute atomic E-state index is 5.62. The number of fused-ring (bicyclic) bond motifs is 1. The van der Waals surface area contributed by atoms with Crippen LogP contribution in [0.25, 0.3) is 10.9 Å². The minimum atomic E-state index is 0.488. The highest BCUT2D eigenvalue weighted by Gasteiger charge is 2.01. The molecule has 0 fully saturated rings. The molecule has 0 aliphatic rings. The maximum Gasteiger partial charge on any atom is 0.153 e. The molecule has 5 heteroatoms. The summed E-state index contributed by atoms with van der Waals surface area (Å²) in [6.07, 6.45) is 1.56. The van der Waals surface area contributed by atoms with Crippen molar-refractivity contribution in [2.45, 2.75) is 0 Å². The van der Waals surface area contributed by atoms with Crippen LogP contribution >= 0.6 is 0 Å². The summed E-state index contributed by atoms with van der Waals surface area (Å²) >= 11 is 0. The van der Waals surface area contributed by atoms with Crippen molar-refractivity contribution in [1.82, 2.24) is 10.2 Å². The van der Waals surface area contributed by atoms with E-state index in [1.165, 1.54) is 0 Å². The molecule has 5 N–H and O–H groups in total. The van der Waals surface area contributed by atoms with Gasteiger partial charge in [-0.2, -0.15) is 10.2 Å². The summed E-state index contributed by atoms with van der Waals surface area (Å²) in [7, 11) is 0. The Morgan fingerprint density at radius 1 is 1.46 bits per heavy atom. The molecule has 0 amide bonds. The summed E-state index contributed by atoms with van der Waals surface area (Å²) in [6, 6.07) is 5.65. The predicted molar refractivity (Wildman–Crippen MR) is 52.3 cm³/mol. The van der Waals surface area contributed by atoms with Gasteiger partial charge in [0, 0.05) is 5.39 Å². The highest BCUT2D eigenvalue weighted by molar-refractivity contribution is 5.93. The van der Waals surface area contributed by atoms with Gasteiger partial charge in [0.2, 0.25) is 0 Å². The lowest BCUT2D eigenvalue weighted by Crippen LogP contribution is -1.87. The highest BCUT2D eigenvalue weighted by Crippen LogP contribution is 2.17. The van der Waals surface area contributed by atoms with Gasteiger partial charge < -0.3 is 11.6 Å². The number of aromatic amines is 1. The zero-order valence-corrected chi connectivity index (χ0v) is 6.86. The molecule has 0 radical (unpaired) electrons. The van der Waals surface area contributed by atoms with Crippen molar-refractivity contribution in [3.63, 3.8) is 0 Å². The second-order valence-electron chi connectivity index (χ2n) is 2.69. The average molecular weight is 175 g/mol. The Hall–Kier alpha value is -2.04. The van der Waals surface area contributed by atoms with Crippen molar-refractivity contribution in [2.24, 2.45) is 10.9 Å². The van der Waals surface area contributed by atoms with Crippen molar-refractivity contribution in [3.05, 3.63) is 23.8 Å². The fourth-order valence-corrected chi connectivity index (χ4v) is 1.22. The molecule has 1 heterocycles. The number of nitrogens with one attached hydrogen (secondary N) is 1. The Morgan fingerprint density at radius 3 is 3.08 bits per heavy atom. The number of hydrogen-bond acceptors (Lipinski definition) is 4. The smallest absolute Gasteiger partial charge is 0.153 e. The molecular formula is C8H9N5. The van der Waals surface area contributed by atoms with E-state index < -0.39 is 0 Å². The molecule has 1 aromatic carbocycles. The number of anilines is 1. The first-order valence-electron chi connectivity index (χ1n) is 3.78. The molecule has 0 unspecified atom stereocenters. The third-order valence-corrected chi connectivity index (χ3v) is 1.84. The normalized spacial score (nSPS) is 11.4. The molecule has 0 aliphatic carbocycles. The number of nitrogens with zero attached hydrogens (tertiary/aromatic N) is 2. The molecule has 2 rings (SSSR count). The van der Waals surface area contributed by atoms with Crippen LogP contribution in [0, 0.1) is 0 Å². The summed E-state index contributed by atoms with van der Waals surface area (Å²) in [5.74, 6) is 5.52. The molecule has 0 aliphatic heterocycles. The van der Waals surface area contributed by atoms with Gasteiger partial charge in [-0.15, -0.1) is 0 Å². The van der Waals surface area contributed by atoms with Crippen LogP contribution in [-0.2, 0) is 0 Å². The predicted octanol–water partition coefficient (Wildman–Crippen LogP) is 0.438. The Balaban J connectivity index is 2.65. The summed E-state index contributed by atoms with van der Waals surface area (Å²) in [4.78, 5) is 0. The minimum Gasteiger partial charge on any atom is -0.382 e. The molecule has 13 heavy (non-hydrogen) atoms. The second kappa shape index (κ2) is 2.78. The molecule has 0 spiro atoms. The lowest BCUT2D eigenvalue weighted by Gasteiger charge is -1.92. The largest absolute Gasteiger partial charge is 0.382 e. The molecule has 0 saturated carbocycles. The topological polar surface area (TPSA) is 93.1 Å². The molecule has 1 aromatic heterocycles. The van der Waals surface area contributed by atoms with Crippen LogP contribution in [0.4, 0.5) is 5.82 Å². The first kappa shape index (κ1) is 7.60. The van der Waals surface area contributed by atoms with Crippen molar-refractivity contribution in [3.8, 4) is 0 Å². The standard InChI is InChI=1S/C8H9N5/c9-8-6-3-5(4-11-10)1-2-7(6)12-13-8/h1-4H,10H2,(H3,9,12,13). The third kappa shape index (κ3) is 1.20. The molecule has 5 nitrogen and oxygen atoms in total. The van der Waals surface area contributed by atoms with Crippen LogP contribution in [0.1, 0.15) is 5.56 Å². The Labute approximate surface area is 74.4 Å². The lowest BCUT2D eigenvalue weighted by molar-refractivity contribution is 1.13. The minimum absolute atomic E-state index is 0.488. The number of nitrogens with two attached hydrogens (primary N) is 2. The van der Waals surface area contributed by atoms with Crippen LogP contribution in [0.5, 0.6) is 0 Å². The fourth-order valence-electron chi connectivity index (χ4n) is 1.22. The maximum atomic E-state index is 5.62. The Kier molecular flexibility index (Phi) is 1.63. The molecular weight excluding hydrogens is 166 g/mol. The highest BCUT2D eigenvalue weighted by atomic mass is 15.1. The van der Waals surface area contributed by atoms with Gasteiger partial charge >= 0.3 is 0 Å². The summed E-state index contributed by atoms with van der Waals surface area (Å²) in [6.45, 7) is 0. The van der Waals surface area contributed by atoms with Gasteiger partial charge in [-0.1, -0.05) is 6.07 Å². The zero-order valence-electron chi connectivity index (χ0n) is 6.86. The monoisotopic (exact) mass is 175 g/mol. The van der Waals surface area contributed by atoms with Gasteiger partial charge in [0.15, 0.2) is 5.82 Å². The van der Waals surface area contributed by atoms with Crippen LogP contribution < -0.4 is 11.6 Å². The van der Waals surface area contributed by atoms with E-state index in [2.05, 4.69) is 15.3 Å². The lowest BCUT2D eigenvalue weighted by atomic mass is 10.2. The van der Waals surface area contributed by atoms with E-state index in [1.807, 2.05) is 18.2 Å². The van der Waals surface area contributed by atoms with Crippen LogP contribution in [0.2, 0.25) is 0 Å². The second-order valence-corrected chi connectivity index (χ2v) is 2.69. The van der Waals surface area contributed by atoms with Gasteiger partial charge in [-0.3, -0.25) is 5.10 Å². The van der Waals surface area contributed by atoms with Gasteiger partial charge in [0.1, 0.15) is 0 Å². The van der Waals surface area contributed by atoms with Crippen molar-refractivity contribution in [1.29, 1.82) is 0 Å². The molecule has 0 bridgehead atoms. The number of nitrogen functional groups attached to an aromatic ring is 1. The van der Waals surface area contributed by atoms with Gasteiger partial charge in [0.25, 0.3) is 0 Å². The van der Waals surface area contributed by atoms with Crippen LogP contribution in [0.15, 0.2) is 23.3 Å². The average Bonchev–Trinajstić information content (AvgIpc) is 2.49. The van der Waals surface area contributed by atoms with Crippen LogP contribution in [0.3, 0.4) is 0 Å². The quantitative estimate of drug-likeness (QED) is 0.333. The van der Waals surface area contributed by atoms with E-state index in [1.54, 1.807) is 6.21 Å². The summed E-state index contributed by atoms with van der Waals surface area (Å²) in [5.41, 5.74) is 7.44. The zero-order chi connectivity index (χ0) is 9.26. The molecule has 0 saturated heterocycles. The third-order valence-electron chi connectivity index (χ3n) is 1.84. The van der Waals surface area contributed by atoms with Crippen LogP contribution in [-0.4, -0.2) is 16.4 Å². The van der Waals surface area contributed by atoms with E-state index in [0.29, 0.717) is 5.82 Å². The number of hydrazone groups is 1. The first-order chi connectivity index (χ1) is 6.31. The van der Waals surface area contributed by atoms with Crippen molar-refractivity contribution in [2.75, 3.05) is 5.73 Å². The van der Waals surface area contributed by atoms with Gasteiger partial charge in [0.05, 0.1) is 11.7 Å². The van der Waals surface area contributed by atoms with Crippen molar-refractivity contribution >= 4 is 22.9 Å². The summed E-state index contributed by atoms with van der Waals surface area (Å²) in [5, 5.41) is 11.0. The number of benzene rings is 1. The van der Waals surface area contributed by atoms with E-state index in [9.17, 15) is 0 Å². The van der Waals surface area contributed by atoms with E-state index in [0.717, 1.165) is 16.5 Å². The van der Waals surface area contributed by atoms with E-state index in [4.69, 9.17) is 11.6 Å². The molecule has 2 aromatic rings. The number of hydrogen-bond donors (Lipinski definition) is 3. The molecule has 0 atom stereocenters. The van der Waals surface area contributed by atoms with Gasteiger partial charge in [-0.25, -0.2) is 0 Å². The SMILES string of the molecule is NN=Cc1ccc2[nH]nc(N)c2c1.